The number of hydrogen-bond acceptors (Lipinski definition) is 5. The Kier molecular flexibility index (Phi) is 12.0. The van der Waals surface area contributed by atoms with E-state index < -0.39 is 29.7 Å². The number of rotatable bonds is 11. The number of amides is 3. The number of terminal acetylenes is 1. The van der Waals surface area contributed by atoms with Crippen molar-refractivity contribution in [3.05, 3.63) is 35.4 Å². The Bertz CT molecular complexity index is 858. The molecule has 188 valence electrons. The Morgan fingerprint density at radius 1 is 1.12 bits per heavy atom. The van der Waals surface area contributed by atoms with Crippen LogP contribution in [0.3, 0.4) is 0 Å². The van der Waals surface area contributed by atoms with E-state index in [9.17, 15) is 14.4 Å². The van der Waals surface area contributed by atoms with Gasteiger partial charge in [-0.25, -0.2) is 4.79 Å². The van der Waals surface area contributed by atoms with Crippen LogP contribution in [0, 0.1) is 12.3 Å². The Morgan fingerprint density at radius 3 is 2.21 bits per heavy atom. The fourth-order valence-electron chi connectivity index (χ4n) is 3.50. The molecule has 0 heterocycles. The van der Waals surface area contributed by atoms with E-state index in [1.807, 2.05) is 20.8 Å². The largest absolute Gasteiger partial charge is 0.444 e. The molecule has 0 aromatic heterocycles. The molecule has 3 amide bonds. The van der Waals surface area contributed by atoms with E-state index in [1.165, 1.54) is 4.90 Å². The molecule has 3 atom stereocenters. The van der Waals surface area contributed by atoms with E-state index in [4.69, 9.17) is 11.2 Å². The highest BCUT2D eigenvalue weighted by Crippen LogP contribution is 2.24. The van der Waals surface area contributed by atoms with Gasteiger partial charge in [0, 0.05) is 23.9 Å². The first kappa shape index (κ1) is 29.4. The van der Waals surface area contributed by atoms with Gasteiger partial charge in [0.25, 0.3) is 0 Å². The van der Waals surface area contributed by atoms with Gasteiger partial charge >= 0.3 is 6.09 Å². The van der Waals surface area contributed by atoms with Gasteiger partial charge in [0.1, 0.15) is 17.7 Å². The lowest BCUT2D eigenvalue weighted by molar-refractivity contribution is -0.142. The first-order chi connectivity index (χ1) is 16.0. The fourth-order valence-corrected chi connectivity index (χ4v) is 3.75. The van der Waals surface area contributed by atoms with E-state index in [0.29, 0.717) is 24.1 Å². The SMILES string of the molecule is C#Cc1ccc(C(C(=O)NC(C)CCC)N(CCC)C(=O)C(CS)NC(=O)OC(C)(C)C)cc1. The average Bonchev–Trinajstić information content (AvgIpc) is 2.76. The molecule has 7 nitrogen and oxygen atoms in total. The summed E-state index contributed by atoms with van der Waals surface area (Å²) < 4.78 is 5.30. The van der Waals surface area contributed by atoms with Gasteiger partial charge < -0.3 is 20.3 Å². The lowest BCUT2D eigenvalue weighted by Gasteiger charge is -2.34. The van der Waals surface area contributed by atoms with Crippen molar-refractivity contribution in [1.29, 1.82) is 0 Å². The maximum absolute atomic E-state index is 13.6. The van der Waals surface area contributed by atoms with Crippen molar-refractivity contribution in [2.45, 2.75) is 84.5 Å². The van der Waals surface area contributed by atoms with Crippen molar-refractivity contribution < 1.29 is 19.1 Å². The minimum absolute atomic E-state index is 0.0505. The van der Waals surface area contributed by atoms with Crippen LogP contribution in [0.25, 0.3) is 0 Å². The maximum atomic E-state index is 13.6. The smallest absolute Gasteiger partial charge is 0.408 e. The Balaban J connectivity index is 3.34. The second-order valence-corrected chi connectivity index (χ2v) is 9.65. The van der Waals surface area contributed by atoms with Crippen LogP contribution in [0.2, 0.25) is 0 Å². The Hall–Kier alpha value is -2.66. The van der Waals surface area contributed by atoms with Gasteiger partial charge in [0.2, 0.25) is 11.8 Å². The quantitative estimate of drug-likeness (QED) is 0.323. The Morgan fingerprint density at radius 2 is 1.74 bits per heavy atom. The molecule has 0 fully saturated rings. The molecule has 0 spiro atoms. The summed E-state index contributed by atoms with van der Waals surface area (Å²) in [4.78, 5) is 40.9. The molecule has 1 aromatic rings. The van der Waals surface area contributed by atoms with Crippen LogP contribution in [-0.2, 0) is 14.3 Å². The van der Waals surface area contributed by atoms with Crippen LogP contribution in [0.5, 0.6) is 0 Å². The standard InChI is InChI=1S/C26H39N3O4S/c1-8-11-18(4)27-23(30)22(20-14-12-19(10-3)13-15-20)29(16-9-2)24(31)21(17-34)28-25(32)33-26(5,6)7/h3,12-15,18,21-22,34H,8-9,11,16-17H2,1-2,4-7H3,(H,27,30)(H,28,32). The van der Waals surface area contributed by atoms with Crippen molar-refractivity contribution in [3.63, 3.8) is 0 Å². The summed E-state index contributed by atoms with van der Waals surface area (Å²) in [5.41, 5.74) is 0.598. The molecule has 0 aliphatic heterocycles. The normalized spacial score (nSPS) is 13.7. The molecule has 0 saturated heterocycles. The van der Waals surface area contributed by atoms with Crippen molar-refractivity contribution in [2.24, 2.45) is 0 Å². The molecule has 1 rings (SSSR count). The molecule has 3 unspecified atom stereocenters. The zero-order valence-corrected chi connectivity index (χ0v) is 22.1. The number of carbonyl (C=O) groups excluding carboxylic acids is 3. The molecular formula is C26H39N3O4S. The van der Waals surface area contributed by atoms with Crippen molar-refractivity contribution in [1.82, 2.24) is 15.5 Å². The van der Waals surface area contributed by atoms with Crippen LogP contribution >= 0.6 is 12.6 Å². The van der Waals surface area contributed by atoms with Gasteiger partial charge in [-0.1, -0.05) is 38.3 Å². The van der Waals surface area contributed by atoms with E-state index in [0.717, 1.165) is 12.8 Å². The second kappa shape index (κ2) is 13.9. The van der Waals surface area contributed by atoms with Crippen molar-refractivity contribution in [2.75, 3.05) is 12.3 Å². The molecule has 0 aliphatic carbocycles. The first-order valence-electron chi connectivity index (χ1n) is 11.7. The molecule has 2 N–H and O–H groups in total. The summed E-state index contributed by atoms with van der Waals surface area (Å²) in [7, 11) is 0. The number of alkyl carbamates (subject to hydrolysis) is 1. The van der Waals surface area contributed by atoms with Gasteiger partial charge in [-0.3, -0.25) is 9.59 Å². The number of hydrogen-bond donors (Lipinski definition) is 3. The Labute approximate surface area is 209 Å². The molecule has 0 aliphatic rings. The first-order valence-corrected chi connectivity index (χ1v) is 12.4. The van der Waals surface area contributed by atoms with E-state index in [2.05, 4.69) is 29.2 Å². The van der Waals surface area contributed by atoms with E-state index >= 15 is 0 Å². The molecule has 1 aromatic carbocycles. The zero-order valence-electron chi connectivity index (χ0n) is 21.2. The van der Waals surface area contributed by atoms with Crippen LogP contribution in [0.15, 0.2) is 24.3 Å². The molecule has 0 bridgehead atoms. The van der Waals surface area contributed by atoms with Crippen molar-refractivity contribution >= 4 is 30.5 Å². The zero-order chi connectivity index (χ0) is 25.9. The minimum atomic E-state index is -0.960. The number of carbonyl (C=O) groups is 3. The third-order valence-corrected chi connectivity index (χ3v) is 5.35. The highest BCUT2D eigenvalue weighted by atomic mass is 32.1. The number of nitrogens with zero attached hydrogens (tertiary/aromatic N) is 1. The van der Waals surface area contributed by atoms with E-state index in [-0.39, 0.29) is 17.7 Å². The summed E-state index contributed by atoms with van der Waals surface area (Å²) >= 11 is 4.28. The lowest BCUT2D eigenvalue weighted by atomic mass is 10.0. The predicted molar refractivity (Wildman–Crippen MR) is 139 cm³/mol. The lowest BCUT2D eigenvalue weighted by Crippen LogP contribution is -2.54. The summed E-state index contributed by atoms with van der Waals surface area (Å²) in [5, 5.41) is 5.63. The number of nitrogens with one attached hydrogen (secondary N) is 2. The molecule has 8 heteroatoms. The van der Waals surface area contributed by atoms with E-state index in [1.54, 1.807) is 45.0 Å². The number of ether oxygens (including phenoxy) is 1. The van der Waals surface area contributed by atoms with Gasteiger partial charge in [-0.2, -0.15) is 12.6 Å². The van der Waals surface area contributed by atoms with Gasteiger partial charge in [0.05, 0.1) is 0 Å². The van der Waals surface area contributed by atoms with Crippen molar-refractivity contribution in [3.8, 4) is 12.3 Å². The second-order valence-electron chi connectivity index (χ2n) is 9.28. The number of thiol groups is 1. The van der Waals surface area contributed by atoms with Crippen LogP contribution in [-0.4, -0.2) is 52.8 Å². The summed E-state index contributed by atoms with van der Waals surface area (Å²) in [6.45, 7) is 11.4. The monoisotopic (exact) mass is 489 g/mol. The predicted octanol–water partition coefficient (Wildman–Crippen LogP) is 4.08. The third kappa shape index (κ3) is 9.30. The molecule has 0 radical (unpaired) electrons. The third-order valence-electron chi connectivity index (χ3n) is 4.98. The fraction of sp³-hybridized carbons (Fsp3) is 0.577. The average molecular weight is 490 g/mol. The van der Waals surface area contributed by atoms with Gasteiger partial charge in [0.15, 0.2) is 0 Å². The van der Waals surface area contributed by atoms with Crippen LogP contribution in [0.1, 0.15) is 78.0 Å². The topological polar surface area (TPSA) is 87.7 Å². The minimum Gasteiger partial charge on any atom is -0.444 e. The molecule has 0 saturated carbocycles. The molecule has 34 heavy (non-hydrogen) atoms. The van der Waals surface area contributed by atoms with Crippen LogP contribution < -0.4 is 10.6 Å². The highest BCUT2D eigenvalue weighted by Gasteiger charge is 2.35. The van der Waals surface area contributed by atoms with Gasteiger partial charge in [-0.05, 0) is 58.2 Å². The van der Waals surface area contributed by atoms with Gasteiger partial charge in [-0.15, -0.1) is 6.42 Å². The molecular weight excluding hydrogens is 450 g/mol. The van der Waals surface area contributed by atoms with Crippen LogP contribution in [0.4, 0.5) is 4.79 Å². The highest BCUT2D eigenvalue weighted by molar-refractivity contribution is 7.80. The summed E-state index contributed by atoms with van der Waals surface area (Å²) in [5.74, 6) is 1.92. The number of benzene rings is 1. The summed E-state index contributed by atoms with van der Waals surface area (Å²) in [6, 6.07) is 5.11. The summed E-state index contributed by atoms with van der Waals surface area (Å²) in [6.07, 6.45) is 7.12. The maximum Gasteiger partial charge on any atom is 0.408 e.